The summed E-state index contributed by atoms with van der Waals surface area (Å²) in [4.78, 5) is 0. The predicted molar refractivity (Wildman–Crippen MR) is 87.4 cm³/mol. The van der Waals surface area contributed by atoms with Gasteiger partial charge >= 0.3 is 0 Å². The molecule has 0 radical (unpaired) electrons. The molecule has 18 heavy (non-hydrogen) atoms. The van der Waals surface area contributed by atoms with Gasteiger partial charge in [-0.3, -0.25) is 0 Å². The van der Waals surface area contributed by atoms with Gasteiger partial charge in [-0.2, -0.15) is 0 Å². The van der Waals surface area contributed by atoms with Gasteiger partial charge in [0.15, 0.2) is 0 Å². The summed E-state index contributed by atoms with van der Waals surface area (Å²) in [6.45, 7) is 2.27. The molecule has 0 aliphatic carbocycles. The van der Waals surface area contributed by atoms with Crippen molar-refractivity contribution in [3.63, 3.8) is 0 Å². The van der Waals surface area contributed by atoms with Gasteiger partial charge in [-0.05, 0) is 24.0 Å². The second-order valence-corrected chi connectivity index (χ2v) is 6.38. The van der Waals surface area contributed by atoms with Crippen molar-refractivity contribution < 1.29 is 0 Å². The maximum Gasteiger partial charge on any atom is 0.0116 e. The van der Waals surface area contributed by atoms with Crippen LogP contribution in [0.15, 0.2) is 60.7 Å². The minimum Gasteiger partial charge on any atom is -0.0826 e. The fraction of sp³-hybridized carbons (Fsp3) is 0.294. The van der Waals surface area contributed by atoms with E-state index in [0.29, 0.717) is 5.92 Å². The van der Waals surface area contributed by atoms with Crippen LogP contribution < -0.4 is 0 Å². The molecule has 1 unspecified atom stereocenters. The third kappa shape index (κ3) is 3.58. The molecule has 2 aromatic rings. The van der Waals surface area contributed by atoms with Gasteiger partial charge in [0.1, 0.15) is 0 Å². The Morgan fingerprint density at radius 1 is 0.833 bits per heavy atom. The fourth-order valence-corrected chi connectivity index (χ4v) is 2.77. The van der Waals surface area contributed by atoms with Crippen LogP contribution in [0, 0.1) is 0 Å². The normalized spacial score (nSPS) is 12.6. The van der Waals surface area contributed by atoms with Crippen molar-refractivity contribution in [1.29, 1.82) is 0 Å². The molecule has 0 heterocycles. The van der Waals surface area contributed by atoms with E-state index >= 15 is 0 Å². The summed E-state index contributed by atoms with van der Waals surface area (Å²) in [5.41, 5.74) is 2.86. The largest absolute Gasteiger partial charge is 0.0826 e. The summed E-state index contributed by atoms with van der Waals surface area (Å²) in [7, 11) is 0. The number of halogens is 1. The number of rotatable bonds is 5. The molecule has 1 atom stereocenters. The summed E-state index contributed by atoms with van der Waals surface area (Å²) >= 11 is 2.57. The summed E-state index contributed by atoms with van der Waals surface area (Å²) < 4.78 is 0.730. The van der Waals surface area contributed by atoms with Crippen LogP contribution in [0.2, 0.25) is 0 Å². The van der Waals surface area contributed by atoms with Crippen molar-refractivity contribution >= 4 is 22.6 Å². The van der Waals surface area contributed by atoms with E-state index in [1.807, 2.05) is 0 Å². The third-order valence-corrected chi connectivity index (χ3v) is 4.73. The van der Waals surface area contributed by atoms with Crippen molar-refractivity contribution in [3.8, 4) is 0 Å². The minimum atomic E-state index is 0.522. The van der Waals surface area contributed by atoms with Crippen LogP contribution in [0.5, 0.6) is 0 Å². The lowest BCUT2D eigenvalue weighted by Gasteiger charge is -2.20. The molecule has 0 saturated heterocycles. The molecule has 0 aliphatic heterocycles. The van der Waals surface area contributed by atoms with Gasteiger partial charge in [-0.15, -0.1) is 0 Å². The van der Waals surface area contributed by atoms with Gasteiger partial charge < -0.3 is 0 Å². The Kier molecular flexibility index (Phi) is 5.24. The Morgan fingerprint density at radius 2 is 1.28 bits per heavy atom. The lowest BCUT2D eigenvalue weighted by atomic mass is 9.87. The second-order valence-electron chi connectivity index (χ2n) is 4.62. The van der Waals surface area contributed by atoms with E-state index in [4.69, 9.17) is 0 Å². The molecule has 0 spiro atoms. The van der Waals surface area contributed by atoms with Crippen LogP contribution in [-0.2, 0) is 0 Å². The zero-order valence-corrected chi connectivity index (χ0v) is 12.9. The number of hydrogen-bond acceptors (Lipinski definition) is 0. The molecule has 0 N–H and O–H groups in total. The van der Waals surface area contributed by atoms with Gasteiger partial charge in [0.25, 0.3) is 0 Å². The van der Waals surface area contributed by atoms with E-state index in [2.05, 4.69) is 90.2 Å². The lowest BCUT2D eigenvalue weighted by Crippen LogP contribution is -2.07. The standard InChI is InChI=1S/C17H19I/c1-2-16(18)13-17(14-9-5-3-6-10-14)15-11-7-4-8-12-15/h3-12,16-17H,2,13H2,1H3. The summed E-state index contributed by atoms with van der Waals surface area (Å²) in [5.74, 6) is 0.522. The summed E-state index contributed by atoms with van der Waals surface area (Å²) in [6, 6.07) is 21.7. The molecule has 1 heteroatoms. The van der Waals surface area contributed by atoms with Crippen LogP contribution in [0.25, 0.3) is 0 Å². The first-order valence-corrected chi connectivity index (χ1v) is 7.79. The van der Waals surface area contributed by atoms with Crippen molar-refractivity contribution in [2.24, 2.45) is 0 Å². The van der Waals surface area contributed by atoms with Crippen LogP contribution in [0.4, 0.5) is 0 Å². The van der Waals surface area contributed by atoms with Gasteiger partial charge in [0.2, 0.25) is 0 Å². The van der Waals surface area contributed by atoms with Crippen LogP contribution >= 0.6 is 22.6 Å². The number of hydrogen-bond donors (Lipinski definition) is 0. The monoisotopic (exact) mass is 350 g/mol. The first-order valence-electron chi connectivity index (χ1n) is 6.55. The van der Waals surface area contributed by atoms with Gasteiger partial charge in [0, 0.05) is 9.84 Å². The van der Waals surface area contributed by atoms with Crippen molar-refractivity contribution in [1.82, 2.24) is 0 Å². The maximum atomic E-state index is 2.57. The van der Waals surface area contributed by atoms with Gasteiger partial charge in [-0.1, -0.05) is 90.2 Å². The highest BCUT2D eigenvalue weighted by Gasteiger charge is 2.16. The van der Waals surface area contributed by atoms with E-state index < -0.39 is 0 Å². The molecule has 0 aliphatic rings. The van der Waals surface area contributed by atoms with E-state index in [1.54, 1.807) is 0 Å². The molecule has 0 amide bonds. The average molecular weight is 350 g/mol. The number of benzene rings is 2. The molecule has 94 valence electrons. The SMILES string of the molecule is CCC(I)CC(c1ccccc1)c1ccccc1. The van der Waals surface area contributed by atoms with Crippen LogP contribution in [0.3, 0.4) is 0 Å². The first kappa shape index (κ1) is 13.6. The lowest BCUT2D eigenvalue weighted by molar-refractivity contribution is 0.682. The molecule has 0 fully saturated rings. The van der Waals surface area contributed by atoms with Gasteiger partial charge in [-0.25, -0.2) is 0 Å². The van der Waals surface area contributed by atoms with Crippen LogP contribution in [-0.4, -0.2) is 3.92 Å². The molecule has 0 nitrogen and oxygen atoms in total. The zero-order chi connectivity index (χ0) is 12.8. The van der Waals surface area contributed by atoms with E-state index in [-0.39, 0.29) is 0 Å². The van der Waals surface area contributed by atoms with E-state index in [9.17, 15) is 0 Å². The molecule has 0 saturated carbocycles. The highest BCUT2D eigenvalue weighted by atomic mass is 127. The Hall–Kier alpha value is -0.830. The summed E-state index contributed by atoms with van der Waals surface area (Å²) in [6.07, 6.45) is 2.45. The Labute approximate surface area is 124 Å². The molecular weight excluding hydrogens is 331 g/mol. The number of alkyl halides is 1. The highest BCUT2D eigenvalue weighted by Crippen LogP contribution is 2.31. The van der Waals surface area contributed by atoms with Gasteiger partial charge in [0.05, 0.1) is 0 Å². The molecular formula is C17H19I. The minimum absolute atomic E-state index is 0.522. The fourth-order valence-electron chi connectivity index (χ4n) is 2.26. The van der Waals surface area contributed by atoms with Crippen LogP contribution in [0.1, 0.15) is 36.8 Å². The second kappa shape index (κ2) is 6.93. The zero-order valence-electron chi connectivity index (χ0n) is 10.7. The Bertz CT molecular complexity index is 410. The summed E-state index contributed by atoms with van der Waals surface area (Å²) in [5, 5.41) is 0. The molecule has 2 rings (SSSR count). The Balaban J connectivity index is 2.29. The first-order chi connectivity index (χ1) is 8.81. The average Bonchev–Trinajstić information content (AvgIpc) is 2.46. The van der Waals surface area contributed by atoms with E-state index in [1.165, 1.54) is 24.0 Å². The van der Waals surface area contributed by atoms with E-state index in [0.717, 1.165) is 3.92 Å². The molecule has 0 bridgehead atoms. The predicted octanol–water partition coefficient (Wildman–Crippen LogP) is 5.42. The quantitative estimate of drug-likeness (QED) is 0.499. The molecule has 0 aromatic heterocycles. The third-order valence-electron chi connectivity index (χ3n) is 3.34. The highest BCUT2D eigenvalue weighted by molar-refractivity contribution is 14.1. The maximum absolute atomic E-state index is 2.57. The Morgan fingerprint density at radius 3 is 1.67 bits per heavy atom. The van der Waals surface area contributed by atoms with Crippen molar-refractivity contribution in [2.75, 3.05) is 0 Å². The van der Waals surface area contributed by atoms with Crippen molar-refractivity contribution in [3.05, 3.63) is 71.8 Å². The topological polar surface area (TPSA) is 0 Å². The molecule has 2 aromatic carbocycles. The van der Waals surface area contributed by atoms with Crippen molar-refractivity contribution in [2.45, 2.75) is 29.6 Å². The smallest absolute Gasteiger partial charge is 0.0116 e.